The normalized spacial score (nSPS) is 27.1. The average Bonchev–Trinajstić information content (AvgIpc) is 2.75. The van der Waals surface area contributed by atoms with E-state index in [0.717, 1.165) is 19.3 Å². The molecule has 16 heavy (non-hydrogen) atoms. The minimum atomic E-state index is -0.316. The standard InChI is InChI=1S/C12H22N2O2/c1-13(10-5-3-2-4-6-10)12(16)14-8-7-11(15)9-14/h10-11,15H,2-9H2,1H3/t11-/m0/s1. The van der Waals surface area contributed by atoms with Gasteiger partial charge in [0.05, 0.1) is 6.10 Å². The van der Waals surface area contributed by atoms with Gasteiger partial charge in [-0.1, -0.05) is 19.3 Å². The Hall–Kier alpha value is -0.770. The molecule has 1 saturated carbocycles. The first kappa shape index (κ1) is 11.7. The Balaban J connectivity index is 1.88. The Bertz CT molecular complexity index is 251. The molecule has 1 aliphatic heterocycles. The second-order valence-corrected chi connectivity index (χ2v) is 5.07. The van der Waals surface area contributed by atoms with Crippen molar-refractivity contribution in [2.24, 2.45) is 0 Å². The van der Waals surface area contributed by atoms with Crippen LogP contribution in [0.15, 0.2) is 0 Å². The lowest BCUT2D eigenvalue weighted by atomic mass is 9.95. The number of hydrogen-bond acceptors (Lipinski definition) is 2. The number of aliphatic hydroxyl groups is 1. The smallest absolute Gasteiger partial charge is 0.320 e. The molecular weight excluding hydrogens is 204 g/mol. The molecule has 0 aromatic carbocycles. The molecule has 2 rings (SSSR count). The summed E-state index contributed by atoms with van der Waals surface area (Å²) in [6.45, 7) is 1.22. The monoisotopic (exact) mass is 226 g/mol. The highest BCUT2D eigenvalue weighted by atomic mass is 16.3. The minimum Gasteiger partial charge on any atom is -0.391 e. The molecule has 0 bridgehead atoms. The highest BCUT2D eigenvalue weighted by Gasteiger charge is 2.30. The van der Waals surface area contributed by atoms with Crippen LogP contribution in [0.4, 0.5) is 4.79 Å². The maximum absolute atomic E-state index is 12.1. The van der Waals surface area contributed by atoms with Crippen LogP contribution in [0.1, 0.15) is 38.5 Å². The summed E-state index contributed by atoms with van der Waals surface area (Å²) in [5, 5.41) is 9.43. The topological polar surface area (TPSA) is 43.8 Å². The van der Waals surface area contributed by atoms with Crippen LogP contribution >= 0.6 is 0 Å². The molecule has 1 N–H and O–H groups in total. The van der Waals surface area contributed by atoms with Gasteiger partial charge in [0.25, 0.3) is 0 Å². The maximum Gasteiger partial charge on any atom is 0.320 e. The van der Waals surface area contributed by atoms with E-state index >= 15 is 0 Å². The molecule has 1 saturated heterocycles. The zero-order valence-corrected chi connectivity index (χ0v) is 10.1. The molecule has 0 spiro atoms. The second kappa shape index (κ2) is 5.04. The Labute approximate surface area is 97.2 Å². The zero-order valence-electron chi connectivity index (χ0n) is 10.1. The van der Waals surface area contributed by atoms with Gasteiger partial charge in [0.15, 0.2) is 0 Å². The largest absolute Gasteiger partial charge is 0.391 e. The fraction of sp³-hybridized carbons (Fsp3) is 0.917. The summed E-state index contributed by atoms with van der Waals surface area (Å²) in [5.41, 5.74) is 0. The highest BCUT2D eigenvalue weighted by Crippen LogP contribution is 2.23. The molecule has 2 aliphatic rings. The van der Waals surface area contributed by atoms with Gasteiger partial charge in [0.2, 0.25) is 0 Å². The van der Waals surface area contributed by atoms with Crippen LogP contribution in [0.2, 0.25) is 0 Å². The molecule has 0 aromatic heterocycles. The van der Waals surface area contributed by atoms with Gasteiger partial charge in [0.1, 0.15) is 0 Å². The lowest BCUT2D eigenvalue weighted by Crippen LogP contribution is -2.46. The van der Waals surface area contributed by atoms with Crippen molar-refractivity contribution in [1.29, 1.82) is 0 Å². The number of hydrogen-bond donors (Lipinski definition) is 1. The summed E-state index contributed by atoms with van der Waals surface area (Å²) in [6.07, 6.45) is 6.47. The predicted molar refractivity (Wildman–Crippen MR) is 62.2 cm³/mol. The van der Waals surface area contributed by atoms with E-state index < -0.39 is 0 Å². The van der Waals surface area contributed by atoms with Crippen LogP contribution in [0.25, 0.3) is 0 Å². The molecule has 92 valence electrons. The molecule has 2 amide bonds. The Morgan fingerprint density at radius 1 is 1.25 bits per heavy atom. The van der Waals surface area contributed by atoms with E-state index in [-0.39, 0.29) is 12.1 Å². The first-order valence-electron chi connectivity index (χ1n) is 6.38. The summed E-state index contributed by atoms with van der Waals surface area (Å²) < 4.78 is 0. The lowest BCUT2D eigenvalue weighted by Gasteiger charge is -2.34. The van der Waals surface area contributed by atoms with Crippen molar-refractivity contribution in [3.8, 4) is 0 Å². The Morgan fingerprint density at radius 2 is 1.94 bits per heavy atom. The maximum atomic E-state index is 12.1. The Morgan fingerprint density at radius 3 is 2.50 bits per heavy atom. The number of β-amino-alcohol motifs (C(OH)–C–C–N with tert-alkyl or cyclic N) is 1. The van der Waals surface area contributed by atoms with Crippen molar-refractivity contribution in [2.45, 2.75) is 50.7 Å². The number of carbonyl (C=O) groups is 1. The minimum absolute atomic E-state index is 0.100. The summed E-state index contributed by atoms with van der Waals surface area (Å²) in [7, 11) is 1.91. The van der Waals surface area contributed by atoms with Crippen molar-refractivity contribution >= 4 is 6.03 Å². The molecule has 1 atom stereocenters. The molecular formula is C12H22N2O2. The van der Waals surface area contributed by atoms with E-state index in [1.54, 1.807) is 4.90 Å². The molecule has 2 fully saturated rings. The predicted octanol–water partition coefficient (Wildman–Crippen LogP) is 1.44. The number of carbonyl (C=O) groups excluding carboxylic acids is 1. The van der Waals surface area contributed by atoms with Gasteiger partial charge in [-0.3, -0.25) is 0 Å². The number of rotatable bonds is 1. The number of urea groups is 1. The highest BCUT2D eigenvalue weighted by molar-refractivity contribution is 5.74. The van der Waals surface area contributed by atoms with Crippen molar-refractivity contribution < 1.29 is 9.90 Å². The lowest BCUT2D eigenvalue weighted by molar-refractivity contribution is 0.132. The number of amides is 2. The summed E-state index contributed by atoms with van der Waals surface area (Å²) in [6, 6.07) is 0.516. The number of aliphatic hydroxyl groups excluding tert-OH is 1. The Kier molecular flexibility index (Phi) is 3.69. The first-order valence-corrected chi connectivity index (χ1v) is 6.38. The van der Waals surface area contributed by atoms with Gasteiger partial charge in [-0.05, 0) is 19.3 Å². The molecule has 1 aliphatic carbocycles. The van der Waals surface area contributed by atoms with Crippen LogP contribution in [0.5, 0.6) is 0 Å². The average molecular weight is 226 g/mol. The summed E-state index contributed by atoms with van der Waals surface area (Å²) >= 11 is 0. The van der Waals surface area contributed by atoms with Crippen LogP contribution in [0.3, 0.4) is 0 Å². The van der Waals surface area contributed by atoms with E-state index in [0.29, 0.717) is 19.1 Å². The molecule has 0 radical (unpaired) electrons. The molecule has 4 heteroatoms. The quantitative estimate of drug-likeness (QED) is 0.735. The van der Waals surface area contributed by atoms with Crippen LogP contribution < -0.4 is 0 Å². The fourth-order valence-corrected chi connectivity index (χ4v) is 2.76. The molecule has 0 unspecified atom stereocenters. The molecule has 1 heterocycles. The molecule has 4 nitrogen and oxygen atoms in total. The summed E-state index contributed by atoms with van der Waals surface area (Å²) in [4.78, 5) is 15.8. The van der Waals surface area contributed by atoms with E-state index in [2.05, 4.69) is 0 Å². The number of likely N-dealkylation sites (tertiary alicyclic amines) is 1. The SMILES string of the molecule is CN(C(=O)N1CC[C@H](O)C1)C1CCCCC1. The zero-order chi connectivity index (χ0) is 11.5. The third-order valence-electron chi connectivity index (χ3n) is 3.86. The van der Waals surface area contributed by atoms with Gasteiger partial charge in [-0.2, -0.15) is 0 Å². The van der Waals surface area contributed by atoms with Crippen molar-refractivity contribution in [2.75, 3.05) is 20.1 Å². The van der Waals surface area contributed by atoms with Gasteiger partial charge >= 0.3 is 6.03 Å². The fourth-order valence-electron chi connectivity index (χ4n) is 2.76. The van der Waals surface area contributed by atoms with Crippen LogP contribution in [-0.2, 0) is 0 Å². The van der Waals surface area contributed by atoms with Crippen molar-refractivity contribution in [1.82, 2.24) is 9.80 Å². The van der Waals surface area contributed by atoms with Crippen molar-refractivity contribution in [3.05, 3.63) is 0 Å². The number of nitrogens with zero attached hydrogens (tertiary/aromatic N) is 2. The summed E-state index contributed by atoms with van der Waals surface area (Å²) in [5.74, 6) is 0. The van der Waals surface area contributed by atoms with E-state index in [1.165, 1.54) is 19.3 Å². The molecule has 0 aromatic rings. The third kappa shape index (κ3) is 2.48. The van der Waals surface area contributed by atoms with Crippen LogP contribution in [-0.4, -0.2) is 53.2 Å². The van der Waals surface area contributed by atoms with E-state index in [9.17, 15) is 9.90 Å². The van der Waals surface area contributed by atoms with E-state index in [4.69, 9.17) is 0 Å². The van der Waals surface area contributed by atoms with E-state index in [1.807, 2.05) is 11.9 Å². The third-order valence-corrected chi connectivity index (χ3v) is 3.86. The first-order chi connectivity index (χ1) is 7.68. The van der Waals surface area contributed by atoms with Gasteiger partial charge in [-0.15, -0.1) is 0 Å². The van der Waals surface area contributed by atoms with Gasteiger partial charge < -0.3 is 14.9 Å². The van der Waals surface area contributed by atoms with Crippen molar-refractivity contribution in [3.63, 3.8) is 0 Å². The van der Waals surface area contributed by atoms with Gasteiger partial charge in [0, 0.05) is 26.2 Å². The second-order valence-electron chi connectivity index (χ2n) is 5.07. The van der Waals surface area contributed by atoms with Crippen LogP contribution in [0, 0.1) is 0 Å². The van der Waals surface area contributed by atoms with Gasteiger partial charge in [-0.25, -0.2) is 4.79 Å².